The summed E-state index contributed by atoms with van der Waals surface area (Å²) in [4.78, 5) is 35.0. The van der Waals surface area contributed by atoms with Gasteiger partial charge in [0.05, 0.1) is 24.7 Å². The van der Waals surface area contributed by atoms with E-state index in [2.05, 4.69) is 11.7 Å². The van der Waals surface area contributed by atoms with Crippen molar-refractivity contribution in [3.8, 4) is 5.75 Å². The fourth-order valence-corrected chi connectivity index (χ4v) is 4.40. The van der Waals surface area contributed by atoms with E-state index < -0.39 is 23.4 Å². The Bertz CT molecular complexity index is 816. The van der Waals surface area contributed by atoms with E-state index in [4.69, 9.17) is 4.74 Å². The molecule has 9 nitrogen and oxygen atoms in total. The molecule has 0 fully saturated rings. The molecule has 216 valence electrons. The van der Waals surface area contributed by atoms with Gasteiger partial charge in [-0.15, -0.1) is 0 Å². The van der Waals surface area contributed by atoms with Gasteiger partial charge in [0.15, 0.2) is 0 Å². The number of non-ortho nitro benzene ring substituents is 1. The number of nitro benzene ring substituents is 1. The number of carboxylic acid groups (broad SMARTS) is 1. The smallest absolute Gasteiger partial charge is 0.325 e. The quantitative estimate of drug-likeness (QED) is 0.0632. The van der Waals surface area contributed by atoms with Crippen molar-refractivity contribution in [2.24, 2.45) is 0 Å². The normalized spacial score (nSPS) is 10.8. The van der Waals surface area contributed by atoms with E-state index in [1.54, 1.807) is 0 Å². The molecule has 0 aliphatic heterocycles. The van der Waals surface area contributed by atoms with Crippen LogP contribution in [0.15, 0.2) is 18.2 Å². The molecule has 1 aromatic rings. The fraction of sp³-hybridized carbons (Fsp3) is 0.724. The first-order chi connectivity index (χ1) is 18.4. The predicted molar refractivity (Wildman–Crippen MR) is 150 cm³/mol. The van der Waals surface area contributed by atoms with Gasteiger partial charge in [-0.2, -0.15) is 0 Å². The molecule has 9 heteroatoms. The zero-order valence-corrected chi connectivity index (χ0v) is 23.5. The second-order valence-corrected chi connectivity index (χ2v) is 9.92. The van der Waals surface area contributed by atoms with Crippen molar-refractivity contribution in [1.82, 2.24) is 0 Å². The van der Waals surface area contributed by atoms with Crippen LogP contribution in [0.2, 0.25) is 0 Å². The number of carbonyl (C=O) groups excluding carboxylic acids is 1. The third-order valence-corrected chi connectivity index (χ3v) is 6.59. The highest BCUT2D eigenvalue weighted by Gasteiger charge is 2.20. The van der Waals surface area contributed by atoms with Crippen LogP contribution in [0.4, 0.5) is 11.4 Å². The number of methoxy groups -OCH3 is 1. The second-order valence-electron chi connectivity index (χ2n) is 9.92. The topological polar surface area (TPSA) is 119 Å². The predicted octanol–water partition coefficient (Wildman–Crippen LogP) is 7.30. The van der Waals surface area contributed by atoms with Gasteiger partial charge in [0.1, 0.15) is 18.8 Å². The number of hydrogen-bond donors (Lipinski definition) is 1. The highest BCUT2D eigenvalue weighted by molar-refractivity contribution is 5.81. The summed E-state index contributed by atoms with van der Waals surface area (Å²) in [7, 11) is 1.20. The zero-order valence-electron chi connectivity index (χ0n) is 23.5. The van der Waals surface area contributed by atoms with Crippen molar-refractivity contribution in [3.05, 3.63) is 28.3 Å². The van der Waals surface area contributed by atoms with Crippen LogP contribution in [0, 0.1) is 10.1 Å². The maximum Gasteiger partial charge on any atom is 0.325 e. The summed E-state index contributed by atoms with van der Waals surface area (Å²) in [6.07, 6.45) is 20.4. The Morgan fingerprint density at radius 3 is 1.76 bits per heavy atom. The van der Waals surface area contributed by atoms with Crippen LogP contribution in [0.5, 0.6) is 5.75 Å². The number of aliphatic carboxylic acids is 1. The molecule has 0 aliphatic rings. The molecule has 0 bridgehead atoms. The average molecular weight is 537 g/mol. The molecule has 0 heterocycles. The van der Waals surface area contributed by atoms with E-state index in [0.29, 0.717) is 6.61 Å². The largest absolute Gasteiger partial charge is 0.493 e. The fourth-order valence-electron chi connectivity index (χ4n) is 4.40. The Kier molecular flexibility index (Phi) is 18.5. The minimum atomic E-state index is -1.17. The van der Waals surface area contributed by atoms with Gasteiger partial charge in [-0.25, -0.2) is 0 Å². The molecule has 0 saturated carbocycles. The molecule has 0 spiro atoms. The lowest BCUT2D eigenvalue weighted by molar-refractivity contribution is -0.384. The summed E-state index contributed by atoms with van der Waals surface area (Å²) in [5.41, 5.74) is -0.0151. The maximum atomic E-state index is 11.7. The number of carboxylic acids is 1. The third kappa shape index (κ3) is 16.1. The number of hydrogen-bond acceptors (Lipinski definition) is 7. The minimum Gasteiger partial charge on any atom is -0.493 e. The Hall–Kier alpha value is -2.84. The lowest BCUT2D eigenvalue weighted by Gasteiger charge is -2.22. The summed E-state index contributed by atoms with van der Waals surface area (Å²) in [6, 6.07) is 4.06. The number of rotatable bonds is 24. The van der Waals surface area contributed by atoms with Crippen molar-refractivity contribution in [2.45, 2.75) is 110 Å². The number of benzene rings is 1. The van der Waals surface area contributed by atoms with Crippen LogP contribution in [-0.2, 0) is 14.3 Å². The van der Waals surface area contributed by atoms with Crippen molar-refractivity contribution in [2.75, 3.05) is 31.7 Å². The first kappa shape index (κ1) is 33.2. The van der Waals surface area contributed by atoms with E-state index in [9.17, 15) is 24.8 Å². The lowest BCUT2D eigenvalue weighted by atomic mass is 10.0. The van der Waals surface area contributed by atoms with Crippen molar-refractivity contribution in [1.29, 1.82) is 0 Å². The first-order valence-electron chi connectivity index (χ1n) is 14.3. The average Bonchev–Trinajstić information content (AvgIpc) is 2.89. The molecule has 1 aromatic carbocycles. The van der Waals surface area contributed by atoms with Gasteiger partial charge in [0, 0.05) is 17.8 Å². The number of anilines is 1. The summed E-state index contributed by atoms with van der Waals surface area (Å²) in [6.45, 7) is 1.82. The lowest BCUT2D eigenvalue weighted by Crippen LogP contribution is -2.35. The molecule has 1 N–H and O–H groups in total. The number of unbranched alkanes of at least 4 members (excludes halogenated alkanes) is 15. The van der Waals surface area contributed by atoms with Gasteiger partial charge in [0.2, 0.25) is 0 Å². The monoisotopic (exact) mass is 536 g/mol. The van der Waals surface area contributed by atoms with Crippen molar-refractivity contribution in [3.63, 3.8) is 0 Å². The molecular weight excluding hydrogens is 488 g/mol. The van der Waals surface area contributed by atoms with E-state index in [0.717, 1.165) is 19.3 Å². The Balaban J connectivity index is 2.28. The molecule has 38 heavy (non-hydrogen) atoms. The maximum absolute atomic E-state index is 11.7. The second kappa shape index (κ2) is 21.1. The third-order valence-electron chi connectivity index (χ3n) is 6.59. The van der Waals surface area contributed by atoms with Crippen LogP contribution in [0.1, 0.15) is 110 Å². The Morgan fingerprint density at radius 2 is 1.32 bits per heavy atom. The SMILES string of the molecule is CCCCCCCCCCCCCCCCCCOc1cc(N(CC(=O)O)CC(=O)OC)cc([N+](=O)[O-])c1. The number of nitrogens with zero attached hydrogens (tertiary/aromatic N) is 2. The van der Waals surface area contributed by atoms with E-state index in [1.165, 1.54) is 114 Å². The van der Waals surface area contributed by atoms with Crippen LogP contribution in [-0.4, -0.2) is 48.8 Å². The highest BCUT2D eigenvalue weighted by Crippen LogP contribution is 2.29. The number of ether oxygens (including phenoxy) is 2. The summed E-state index contributed by atoms with van der Waals surface area (Å²) in [5.74, 6) is -1.54. The van der Waals surface area contributed by atoms with E-state index in [-0.39, 0.29) is 23.7 Å². The highest BCUT2D eigenvalue weighted by atomic mass is 16.6. The molecule has 0 saturated heterocycles. The summed E-state index contributed by atoms with van der Waals surface area (Å²) >= 11 is 0. The van der Waals surface area contributed by atoms with Gasteiger partial charge in [-0.05, 0) is 6.42 Å². The van der Waals surface area contributed by atoms with Gasteiger partial charge >= 0.3 is 11.9 Å². The molecule has 0 unspecified atom stereocenters. The van der Waals surface area contributed by atoms with E-state index >= 15 is 0 Å². The zero-order chi connectivity index (χ0) is 28.0. The molecule has 0 radical (unpaired) electrons. The number of carbonyl (C=O) groups is 2. The van der Waals surface area contributed by atoms with Crippen molar-refractivity contribution < 1.29 is 29.1 Å². The van der Waals surface area contributed by atoms with Crippen LogP contribution in [0.25, 0.3) is 0 Å². The van der Waals surface area contributed by atoms with Gasteiger partial charge in [0.25, 0.3) is 5.69 Å². The standard InChI is InChI=1S/C29H48N2O7/c1-3-4-5-6-7-8-9-10-11-12-13-14-15-16-17-18-19-38-27-21-25(20-26(22-27)31(35)36)30(23-28(32)33)24-29(34)37-2/h20-22H,3-19,23-24H2,1-2H3,(H,32,33). The van der Waals surface area contributed by atoms with Gasteiger partial charge < -0.3 is 19.5 Å². The Morgan fingerprint density at radius 1 is 0.816 bits per heavy atom. The molecule has 0 amide bonds. The van der Waals surface area contributed by atoms with Gasteiger partial charge in [-0.3, -0.25) is 19.7 Å². The molecule has 0 atom stereocenters. The van der Waals surface area contributed by atoms with Crippen LogP contribution < -0.4 is 9.64 Å². The Labute approximate surface area is 228 Å². The van der Waals surface area contributed by atoms with Crippen LogP contribution in [0.3, 0.4) is 0 Å². The molecule has 0 aromatic heterocycles. The van der Waals surface area contributed by atoms with Crippen LogP contribution >= 0.6 is 0 Å². The minimum absolute atomic E-state index is 0.217. The molecule has 1 rings (SSSR count). The van der Waals surface area contributed by atoms with Crippen molar-refractivity contribution >= 4 is 23.3 Å². The summed E-state index contributed by atoms with van der Waals surface area (Å²) in [5, 5.41) is 20.6. The molecule has 0 aliphatic carbocycles. The summed E-state index contributed by atoms with van der Waals surface area (Å²) < 4.78 is 10.4. The first-order valence-corrected chi connectivity index (χ1v) is 14.3. The van der Waals surface area contributed by atoms with E-state index in [1.807, 2.05) is 0 Å². The van der Waals surface area contributed by atoms with Gasteiger partial charge in [-0.1, -0.05) is 103 Å². The number of nitro groups is 1. The molecular formula is C29H48N2O7. The number of esters is 1.